The van der Waals surface area contributed by atoms with E-state index < -0.39 is 12.4 Å². The number of ether oxygens (including phenoxy) is 2. The molecule has 1 fully saturated rings. The van der Waals surface area contributed by atoms with Crippen LogP contribution in [0, 0.1) is 0 Å². The van der Waals surface area contributed by atoms with E-state index in [1.165, 1.54) is 29.2 Å². The zero-order chi connectivity index (χ0) is 21.2. The molecule has 6 nitrogen and oxygen atoms in total. The van der Waals surface area contributed by atoms with Crippen LogP contribution in [0.1, 0.15) is 12.8 Å². The van der Waals surface area contributed by atoms with Crippen molar-refractivity contribution in [2.75, 3.05) is 12.4 Å². The van der Waals surface area contributed by atoms with Crippen LogP contribution >= 0.6 is 11.6 Å². The smallest absolute Gasteiger partial charge is 0.457 e. The van der Waals surface area contributed by atoms with Crippen molar-refractivity contribution in [2.45, 2.75) is 25.2 Å². The normalized spacial score (nSPS) is 16.7. The number of rotatable bonds is 5. The SMILES string of the molecule is CN1C(=O)CCC1C(=O)Nc1cc(Oc2ccc(OC(F)(F)F)cc2)ccc1Cl. The summed E-state index contributed by atoms with van der Waals surface area (Å²) < 4.78 is 46.0. The lowest BCUT2D eigenvalue weighted by Gasteiger charge is -2.19. The van der Waals surface area contributed by atoms with E-state index in [1.807, 2.05) is 0 Å². The number of anilines is 1. The molecule has 1 heterocycles. The first-order valence-electron chi connectivity index (χ1n) is 8.52. The first-order valence-corrected chi connectivity index (χ1v) is 8.90. The van der Waals surface area contributed by atoms with Gasteiger partial charge in [-0.25, -0.2) is 0 Å². The molecule has 29 heavy (non-hydrogen) atoms. The highest BCUT2D eigenvalue weighted by Crippen LogP contribution is 2.32. The first kappa shape index (κ1) is 20.8. The van der Waals surface area contributed by atoms with Gasteiger partial charge in [0.25, 0.3) is 0 Å². The lowest BCUT2D eigenvalue weighted by atomic mass is 10.2. The van der Waals surface area contributed by atoms with Crippen molar-refractivity contribution in [3.8, 4) is 17.2 Å². The van der Waals surface area contributed by atoms with Crippen LogP contribution < -0.4 is 14.8 Å². The number of benzene rings is 2. The minimum Gasteiger partial charge on any atom is -0.457 e. The third kappa shape index (κ3) is 5.32. The lowest BCUT2D eigenvalue weighted by Crippen LogP contribution is -2.38. The van der Waals surface area contributed by atoms with Crippen molar-refractivity contribution < 1.29 is 32.2 Å². The molecule has 1 unspecified atom stereocenters. The summed E-state index contributed by atoms with van der Waals surface area (Å²) in [5.74, 6) is -0.272. The van der Waals surface area contributed by atoms with Gasteiger partial charge in [-0.1, -0.05) is 11.6 Å². The van der Waals surface area contributed by atoms with E-state index >= 15 is 0 Å². The molecular weight excluding hydrogens is 413 g/mol. The summed E-state index contributed by atoms with van der Waals surface area (Å²) in [4.78, 5) is 25.4. The molecule has 1 atom stereocenters. The van der Waals surface area contributed by atoms with Crippen LogP contribution in [-0.2, 0) is 9.59 Å². The fourth-order valence-electron chi connectivity index (χ4n) is 2.84. The minimum absolute atomic E-state index is 0.105. The first-order chi connectivity index (χ1) is 13.6. The van der Waals surface area contributed by atoms with Crippen molar-refractivity contribution in [1.29, 1.82) is 0 Å². The van der Waals surface area contributed by atoms with E-state index in [4.69, 9.17) is 16.3 Å². The van der Waals surface area contributed by atoms with E-state index in [1.54, 1.807) is 13.1 Å². The number of carbonyl (C=O) groups is 2. The number of hydrogen-bond donors (Lipinski definition) is 1. The molecule has 0 saturated carbocycles. The number of hydrogen-bond acceptors (Lipinski definition) is 4. The fraction of sp³-hybridized carbons (Fsp3) is 0.263. The van der Waals surface area contributed by atoms with E-state index in [9.17, 15) is 22.8 Å². The highest BCUT2D eigenvalue weighted by molar-refractivity contribution is 6.33. The molecule has 1 N–H and O–H groups in total. The van der Waals surface area contributed by atoms with E-state index in [0.717, 1.165) is 12.1 Å². The molecule has 0 aromatic heterocycles. The number of amides is 2. The maximum absolute atomic E-state index is 12.4. The van der Waals surface area contributed by atoms with Gasteiger partial charge in [-0.2, -0.15) is 0 Å². The Labute approximate surface area is 169 Å². The maximum Gasteiger partial charge on any atom is 0.573 e. The quantitative estimate of drug-likeness (QED) is 0.756. The maximum atomic E-state index is 12.4. The Hall–Kier alpha value is -2.94. The minimum atomic E-state index is -4.77. The fourth-order valence-corrected chi connectivity index (χ4v) is 3.00. The summed E-state index contributed by atoms with van der Waals surface area (Å²) in [6, 6.07) is 8.82. The molecule has 2 aromatic carbocycles. The van der Waals surface area contributed by atoms with Crippen molar-refractivity contribution in [2.24, 2.45) is 0 Å². The van der Waals surface area contributed by atoms with Gasteiger partial charge in [0.2, 0.25) is 11.8 Å². The van der Waals surface area contributed by atoms with Crippen molar-refractivity contribution in [1.82, 2.24) is 4.90 Å². The number of halogens is 4. The van der Waals surface area contributed by atoms with Crippen molar-refractivity contribution in [3.05, 3.63) is 47.5 Å². The largest absolute Gasteiger partial charge is 0.573 e. The van der Waals surface area contributed by atoms with Crippen LogP contribution in [-0.4, -0.2) is 36.2 Å². The van der Waals surface area contributed by atoms with Crippen LogP contribution in [0.3, 0.4) is 0 Å². The molecule has 2 aromatic rings. The Morgan fingerprint density at radius 2 is 1.76 bits per heavy atom. The molecule has 1 aliphatic heterocycles. The standard InChI is InChI=1S/C19H16ClF3N2O4/c1-25-16(8-9-17(25)26)18(27)24-15-10-13(6-7-14(15)20)28-11-2-4-12(5-3-11)29-19(21,22)23/h2-7,10,16H,8-9H2,1H3,(H,24,27). The zero-order valence-electron chi connectivity index (χ0n) is 15.1. The molecule has 1 saturated heterocycles. The Kier molecular flexibility index (Phi) is 5.88. The van der Waals surface area contributed by atoms with Gasteiger partial charge in [0.05, 0.1) is 10.7 Å². The number of nitrogens with one attached hydrogen (secondary N) is 1. The van der Waals surface area contributed by atoms with Gasteiger partial charge in [-0.3, -0.25) is 9.59 Å². The molecule has 2 amide bonds. The average molecular weight is 429 g/mol. The molecule has 0 aliphatic carbocycles. The molecule has 10 heteroatoms. The van der Waals surface area contributed by atoms with Gasteiger partial charge in [0, 0.05) is 19.5 Å². The summed E-state index contributed by atoms with van der Waals surface area (Å²) in [6.45, 7) is 0. The van der Waals surface area contributed by atoms with Gasteiger partial charge in [-0.15, -0.1) is 13.2 Å². The summed E-state index contributed by atoms with van der Waals surface area (Å²) in [7, 11) is 1.56. The average Bonchev–Trinajstić information content (AvgIpc) is 2.97. The van der Waals surface area contributed by atoms with Crippen molar-refractivity contribution in [3.63, 3.8) is 0 Å². The second-order valence-corrected chi connectivity index (χ2v) is 6.72. The van der Waals surface area contributed by atoms with Gasteiger partial charge in [0.1, 0.15) is 23.3 Å². The summed E-state index contributed by atoms with van der Waals surface area (Å²) in [5, 5.41) is 2.94. The number of alkyl halides is 3. The summed E-state index contributed by atoms with van der Waals surface area (Å²) in [5.41, 5.74) is 0.291. The molecule has 0 spiro atoms. The molecular formula is C19H16ClF3N2O4. The van der Waals surface area contributed by atoms with Crippen LogP contribution in [0.2, 0.25) is 5.02 Å². The van der Waals surface area contributed by atoms with Crippen LogP contribution in [0.15, 0.2) is 42.5 Å². The molecule has 154 valence electrons. The number of carbonyl (C=O) groups excluding carboxylic acids is 2. The Balaban J connectivity index is 1.69. The highest BCUT2D eigenvalue weighted by atomic mass is 35.5. The van der Waals surface area contributed by atoms with Crippen LogP contribution in [0.4, 0.5) is 18.9 Å². The lowest BCUT2D eigenvalue weighted by molar-refractivity contribution is -0.274. The van der Waals surface area contributed by atoms with E-state index in [-0.39, 0.29) is 28.3 Å². The van der Waals surface area contributed by atoms with Gasteiger partial charge >= 0.3 is 6.36 Å². The predicted molar refractivity (Wildman–Crippen MR) is 99.1 cm³/mol. The molecule has 3 rings (SSSR count). The molecule has 1 aliphatic rings. The Bertz CT molecular complexity index is 919. The second-order valence-electron chi connectivity index (χ2n) is 6.31. The zero-order valence-corrected chi connectivity index (χ0v) is 15.9. The topological polar surface area (TPSA) is 67.9 Å². The molecule has 0 bridgehead atoms. The van der Waals surface area contributed by atoms with Gasteiger partial charge in [0.15, 0.2) is 0 Å². The van der Waals surface area contributed by atoms with Crippen LogP contribution in [0.25, 0.3) is 0 Å². The van der Waals surface area contributed by atoms with E-state index in [2.05, 4.69) is 10.1 Å². The Morgan fingerprint density at radius 1 is 1.14 bits per heavy atom. The van der Waals surface area contributed by atoms with Crippen molar-refractivity contribution >= 4 is 29.1 Å². The Morgan fingerprint density at radius 3 is 2.34 bits per heavy atom. The number of nitrogens with zero attached hydrogens (tertiary/aromatic N) is 1. The number of likely N-dealkylation sites (tertiary alicyclic amines) is 1. The summed E-state index contributed by atoms with van der Waals surface area (Å²) in [6.07, 6.45) is -4.05. The monoisotopic (exact) mass is 428 g/mol. The van der Waals surface area contributed by atoms with E-state index in [0.29, 0.717) is 24.3 Å². The second kappa shape index (κ2) is 8.20. The molecule has 0 radical (unpaired) electrons. The van der Waals surface area contributed by atoms with Crippen LogP contribution in [0.5, 0.6) is 17.2 Å². The number of likely N-dealkylation sites (N-methyl/N-ethyl adjacent to an activating group) is 1. The predicted octanol–water partition coefficient (Wildman–Crippen LogP) is 4.59. The third-order valence-corrected chi connectivity index (χ3v) is 4.61. The highest BCUT2D eigenvalue weighted by Gasteiger charge is 2.33. The summed E-state index contributed by atoms with van der Waals surface area (Å²) >= 11 is 6.12. The van der Waals surface area contributed by atoms with Gasteiger partial charge < -0.3 is 19.7 Å². The third-order valence-electron chi connectivity index (χ3n) is 4.28. The van der Waals surface area contributed by atoms with Gasteiger partial charge in [-0.05, 0) is 42.8 Å².